The molecule has 1 aromatic heterocycles. The molecule has 0 saturated carbocycles. The number of hydrogen-bond donors (Lipinski definition) is 1. The van der Waals surface area contributed by atoms with Gasteiger partial charge in [-0.15, -0.1) is 0 Å². The van der Waals surface area contributed by atoms with Gasteiger partial charge in [0.25, 0.3) is 5.56 Å². The van der Waals surface area contributed by atoms with Crippen molar-refractivity contribution in [3.8, 4) is 0 Å². The third kappa shape index (κ3) is 1.18. The van der Waals surface area contributed by atoms with E-state index in [1.54, 1.807) is 19.3 Å². The van der Waals surface area contributed by atoms with Crippen LogP contribution < -0.4 is 11.0 Å². The molecule has 54 valence electrons. The largest absolute Gasteiger partial charge is 0.326 e. The zero-order valence-corrected chi connectivity index (χ0v) is 6.09. The summed E-state index contributed by atoms with van der Waals surface area (Å²) in [7, 11) is 1.71. The number of nitrogens with zero attached hydrogens (tertiary/aromatic N) is 1. The summed E-state index contributed by atoms with van der Waals surface area (Å²) in [6, 6.07) is 3.32. The number of pyridine rings is 1. The Labute approximate surface area is 59.3 Å². The first-order valence-corrected chi connectivity index (χ1v) is 3.11. The summed E-state index contributed by atoms with van der Waals surface area (Å²) >= 11 is 0. The predicted octanol–water partition coefficient (Wildman–Crippen LogP) is 0.330. The van der Waals surface area contributed by atoms with Gasteiger partial charge in [-0.05, 0) is 12.5 Å². The normalized spacial score (nSPS) is 9.40. The maximum Gasteiger partial charge on any atom is 0.268 e. The van der Waals surface area contributed by atoms with Crippen LogP contribution in [0.1, 0.15) is 5.56 Å². The van der Waals surface area contributed by atoms with Crippen LogP contribution in [0.2, 0.25) is 0 Å². The van der Waals surface area contributed by atoms with Gasteiger partial charge in [-0.3, -0.25) is 4.79 Å². The average Bonchev–Trinajstić information content (AvgIpc) is 1.94. The van der Waals surface area contributed by atoms with Gasteiger partial charge in [0, 0.05) is 19.3 Å². The summed E-state index contributed by atoms with van der Waals surface area (Å²) < 4.78 is 1.44. The van der Waals surface area contributed by atoms with Gasteiger partial charge >= 0.3 is 0 Å². The van der Waals surface area contributed by atoms with Crippen LogP contribution in [0.5, 0.6) is 0 Å². The van der Waals surface area contributed by atoms with E-state index in [1.807, 2.05) is 6.92 Å². The van der Waals surface area contributed by atoms with Gasteiger partial charge in [0.1, 0.15) is 0 Å². The zero-order valence-electron chi connectivity index (χ0n) is 6.09. The second-order valence-corrected chi connectivity index (χ2v) is 2.14. The van der Waals surface area contributed by atoms with Gasteiger partial charge in [-0.1, -0.05) is 6.07 Å². The second-order valence-electron chi connectivity index (χ2n) is 2.14. The molecule has 3 heteroatoms. The van der Waals surface area contributed by atoms with Crippen molar-refractivity contribution >= 4 is 0 Å². The number of hydrogen-bond acceptors (Lipinski definition) is 2. The summed E-state index contributed by atoms with van der Waals surface area (Å²) in [4.78, 5) is 10.9. The second kappa shape index (κ2) is 2.56. The van der Waals surface area contributed by atoms with E-state index in [1.165, 1.54) is 10.7 Å². The Kier molecular flexibility index (Phi) is 1.76. The SMILES string of the molecule is CNn1cc(C)ccc1=O. The van der Waals surface area contributed by atoms with Crippen molar-refractivity contribution in [2.75, 3.05) is 12.5 Å². The van der Waals surface area contributed by atoms with Crippen molar-refractivity contribution < 1.29 is 0 Å². The maximum atomic E-state index is 10.9. The van der Waals surface area contributed by atoms with Crippen molar-refractivity contribution in [1.82, 2.24) is 4.68 Å². The first kappa shape index (κ1) is 6.86. The zero-order chi connectivity index (χ0) is 7.56. The molecule has 1 aromatic rings. The monoisotopic (exact) mass is 138 g/mol. The molecule has 0 amide bonds. The van der Waals surface area contributed by atoms with E-state index in [0.717, 1.165) is 5.56 Å². The molecule has 1 heterocycles. The van der Waals surface area contributed by atoms with E-state index >= 15 is 0 Å². The molecular formula is C7H10N2O. The lowest BCUT2D eigenvalue weighted by Gasteiger charge is -2.02. The van der Waals surface area contributed by atoms with Gasteiger partial charge in [0.2, 0.25) is 0 Å². The van der Waals surface area contributed by atoms with E-state index in [-0.39, 0.29) is 5.56 Å². The number of nitrogens with one attached hydrogen (secondary N) is 1. The van der Waals surface area contributed by atoms with Crippen LogP contribution in [0.3, 0.4) is 0 Å². The first-order valence-electron chi connectivity index (χ1n) is 3.11. The van der Waals surface area contributed by atoms with Crippen LogP contribution in [0, 0.1) is 6.92 Å². The molecule has 0 aromatic carbocycles. The third-order valence-electron chi connectivity index (χ3n) is 1.30. The predicted molar refractivity (Wildman–Crippen MR) is 40.7 cm³/mol. The summed E-state index contributed by atoms with van der Waals surface area (Å²) in [5, 5.41) is 0. The summed E-state index contributed by atoms with van der Waals surface area (Å²) in [6.45, 7) is 1.94. The van der Waals surface area contributed by atoms with Crippen molar-refractivity contribution in [3.05, 3.63) is 34.2 Å². The Morgan fingerprint density at radius 2 is 2.20 bits per heavy atom. The molecular weight excluding hydrogens is 128 g/mol. The molecule has 0 radical (unpaired) electrons. The smallest absolute Gasteiger partial charge is 0.268 e. The van der Waals surface area contributed by atoms with Gasteiger partial charge < -0.3 is 5.43 Å². The maximum absolute atomic E-state index is 10.9. The third-order valence-corrected chi connectivity index (χ3v) is 1.30. The molecule has 10 heavy (non-hydrogen) atoms. The summed E-state index contributed by atoms with van der Waals surface area (Å²) in [5.41, 5.74) is 3.77. The van der Waals surface area contributed by atoms with Gasteiger partial charge in [0.05, 0.1) is 0 Å². The highest BCUT2D eigenvalue weighted by Crippen LogP contribution is 1.88. The quantitative estimate of drug-likeness (QED) is 0.606. The lowest BCUT2D eigenvalue weighted by molar-refractivity contribution is 0.864. The Morgan fingerprint density at radius 1 is 1.50 bits per heavy atom. The van der Waals surface area contributed by atoms with E-state index in [4.69, 9.17) is 0 Å². The molecule has 0 unspecified atom stereocenters. The molecule has 0 saturated heterocycles. The van der Waals surface area contributed by atoms with E-state index in [9.17, 15) is 4.79 Å². The number of rotatable bonds is 1. The van der Waals surface area contributed by atoms with Crippen molar-refractivity contribution in [2.45, 2.75) is 6.92 Å². The highest BCUT2D eigenvalue weighted by atomic mass is 16.1. The molecule has 0 fully saturated rings. The molecule has 0 bridgehead atoms. The molecule has 1 N–H and O–H groups in total. The fourth-order valence-electron chi connectivity index (χ4n) is 0.768. The van der Waals surface area contributed by atoms with E-state index in [2.05, 4.69) is 5.43 Å². The molecule has 1 rings (SSSR count). The standard InChI is InChI=1S/C7H10N2O/c1-6-3-4-7(10)9(5-6)8-2/h3-5,8H,1-2H3. The first-order chi connectivity index (χ1) is 4.74. The van der Waals surface area contributed by atoms with Crippen molar-refractivity contribution in [2.24, 2.45) is 0 Å². The lowest BCUT2D eigenvalue weighted by Crippen LogP contribution is -2.25. The van der Waals surface area contributed by atoms with Crippen LogP contribution in [0.15, 0.2) is 23.1 Å². The van der Waals surface area contributed by atoms with Crippen LogP contribution in [-0.2, 0) is 0 Å². The fraction of sp³-hybridized carbons (Fsp3) is 0.286. The Hall–Kier alpha value is -1.25. The number of aromatic nitrogens is 1. The Morgan fingerprint density at radius 3 is 2.70 bits per heavy atom. The van der Waals surface area contributed by atoms with Crippen molar-refractivity contribution in [3.63, 3.8) is 0 Å². The van der Waals surface area contributed by atoms with Crippen LogP contribution in [-0.4, -0.2) is 11.7 Å². The fourth-order valence-corrected chi connectivity index (χ4v) is 0.768. The molecule has 0 spiro atoms. The van der Waals surface area contributed by atoms with Gasteiger partial charge in [0.15, 0.2) is 0 Å². The van der Waals surface area contributed by atoms with Crippen LogP contribution in [0.25, 0.3) is 0 Å². The minimum absolute atomic E-state index is 0.0342. The minimum Gasteiger partial charge on any atom is -0.326 e. The molecule has 0 atom stereocenters. The van der Waals surface area contributed by atoms with Crippen LogP contribution in [0.4, 0.5) is 0 Å². The molecule has 3 nitrogen and oxygen atoms in total. The average molecular weight is 138 g/mol. The molecule has 0 aliphatic heterocycles. The Balaban J connectivity index is 3.22. The number of aryl methyl sites for hydroxylation is 1. The van der Waals surface area contributed by atoms with Crippen LogP contribution >= 0.6 is 0 Å². The highest BCUT2D eigenvalue weighted by Gasteiger charge is 1.89. The van der Waals surface area contributed by atoms with Gasteiger partial charge in [-0.2, -0.15) is 0 Å². The molecule has 0 aliphatic carbocycles. The summed E-state index contributed by atoms with van der Waals surface area (Å²) in [6.07, 6.45) is 1.75. The van der Waals surface area contributed by atoms with Gasteiger partial charge in [-0.25, -0.2) is 4.68 Å². The highest BCUT2D eigenvalue weighted by molar-refractivity contribution is 5.07. The minimum atomic E-state index is -0.0342. The topological polar surface area (TPSA) is 34.0 Å². The Bertz CT molecular complexity index is 277. The lowest BCUT2D eigenvalue weighted by atomic mass is 10.3. The van der Waals surface area contributed by atoms with Crippen molar-refractivity contribution in [1.29, 1.82) is 0 Å². The molecule has 0 aliphatic rings. The van der Waals surface area contributed by atoms with E-state index < -0.39 is 0 Å². The summed E-state index contributed by atoms with van der Waals surface area (Å²) in [5.74, 6) is 0. The van der Waals surface area contributed by atoms with E-state index in [0.29, 0.717) is 0 Å².